The summed E-state index contributed by atoms with van der Waals surface area (Å²) >= 11 is 0. The predicted molar refractivity (Wildman–Crippen MR) is 86.7 cm³/mol. The second-order valence-electron chi connectivity index (χ2n) is 5.83. The van der Waals surface area contributed by atoms with E-state index < -0.39 is 0 Å². The summed E-state index contributed by atoms with van der Waals surface area (Å²) in [5.41, 5.74) is 5.76. The van der Waals surface area contributed by atoms with Crippen LogP contribution in [0.3, 0.4) is 0 Å². The van der Waals surface area contributed by atoms with Gasteiger partial charge in [-0.15, -0.1) is 0 Å². The lowest BCUT2D eigenvalue weighted by Crippen LogP contribution is -2.18. The molecule has 0 spiro atoms. The highest BCUT2D eigenvalue weighted by Gasteiger charge is 2.13. The molecule has 0 saturated heterocycles. The van der Waals surface area contributed by atoms with Crippen LogP contribution in [0.25, 0.3) is 0 Å². The SMILES string of the molecule is COc1ccc(CNC(C)c2ccc3c(c2)CCC3)cc1. The number of methoxy groups -OCH3 is 1. The number of hydrogen-bond acceptors (Lipinski definition) is 2. The number of ether oxygens (including phenoxy) is 1. The molecule has 2 nitrogen and oxygen atoms in total. The van der Waals surface area contributed by atoms with E-state index in [1.165, 1.54) is 30.4 Å². The number of rotatable bonds is 5. The van der Waals surface area contributed by atoms with Crippen molar-refractivity contribution in [3.8, 4) is 5.75 Å². The number of fused-ring (bicyclic) bond motifs is 1. The largest absolute Gasteiger partial charge is 0.497 e. The fraction of sp³-hybridized carbons (Fsp3) is 0.368. The minimum absolute atomic E-state index is 0.373. The molecule has 0 saturated carbocycles. The first-order chi connectivity index (χ1) is 10.3. The van der Waals surface area contributed by atoms with Crippen molar-refractivity contribution in [2.24, 2.45) is 0 Å². The van der Waals surface area contributed by atoms with Crippen molar-refractivity contribution < 1.29 is 4.74 Å². The molecule has 0 heterocycles. The molecule has 1 N–H and O–H groups in total. The minimum Gasteiger partial charge on any atom is -0.497 e. The molecule has 1 atom stereocenters. The molecule has 0 radical (unpaired) electrons. The van der Waals surface area contributed by atoms with Gasteiger partial charge in [-0.1, -0.05) is 30.3 Å². The highest BCUT2D eigenvalue weighted by molar-refractivity contribution is 5.36. The van der Waals surface area contributed by atoms with Gasteiger partial charge < -0.3 is 10.1 Å². The zero-order valence-corrected chi connectivity index (χ0v) is 12.9. The van der Waals surface area contributed by atoms with E-state index in [0.717, 1.165) is 12.3 Å². The Morgan fingerprint density at radius 1 is 1.05 bits per heavy atom. The molecule has 2 aromatic rings. The van der Waals surface area contributed by atoms with Crippen molar-refractivity contribution in [1.29, 1.82) is 0 Å². The molecule has 2 heteroatoms. The van der Waals surface area contributed by atoms with Crippen LogP contribution in [-0.2, 0) is 19.4 Å². The Morgan fingerprint density at radius 3 is 2.57 bits per heavy atom. The van der Waals surface area contributed by atoms with E-state index in [4.69, 9.17) is 4.74 Å². The first-order valence-electron chi connectivity index (χ1n) is 7.74. The first-order valence-corrected chi connectivity index (χ1v) is 7.74. The van der Waals surface area contributed by atoms with Gasteiger partial charge in [0, 0.05) is 12.6 Å². The third-order valence-electron chi connectivity index (χ3n) is 4.39. The van der Waals surface area contributed by atoms with Crippen molar-refractivity contribution in [2.45, 2.75) is 38.8 Å². The predicted octanol–water partition coefficient (Wildman–Crippen LogP) is 4.03. The molecule has 0 fully saturated rings. The van der Waals surface area contributed by atoms with Gasteiger partial charge in [0.15, 0.2) is 0 Å². The van der Waals surface area contributed by atoms with Crippen molar-refractivity contribution in [3.63, 3.8) is 0 Å². The van der Waals surface area contributed by atoms with Gasteiger partial charge in [0.2, 0.25) is 0 Å². The fourth-order valence-electron chi connectivity index (χ4n) is 2.99. The van der Waals surface area contributed by atoms with Gasteiger partial charge in [0.25, 0.3) is 0 Å². The van der Waals surface area contributed by atoms with Crippen LogP contribution in [0.5, 0.6) is 5.75 Å². The van der Waals surface area contributed by atoms with Crippen LogP contribution < -0.4 is 10.1 Å². The smallest absolute Gasteiger partial charge is 0.118 e. The van der Waals surface area contributed by atoms with Gasteiger partial charge >= 0.3 is 0 Å². The highest BCUT2D eigenvalue weighted by atomic mass is 16.5. The first kappa shape index (κ1) is 14.2. The van der Waals surface area contributed by atoms with Crippen molar-refractivity contribution in [2.75, 3.05) is 7.11 Å². The summed E-state index contributed by atoms with van der Waals surface area (Å²) in [6.07, 6.45) is 3.81. The quantitative estimate of drug-likeness (QED) is 0.893. The molecule has 0 aliphatic heterocycles. The minimum atomic E-state index is 0.373. The third-order valence-corrected chi connectivity index (χ3v) is 4.39. The van der Waals surface area contributed by atoms with Crippen LogP contribution in [0.1, 0.15) is 41.6 Å². The highest BCUT2D eigenvalue weighted by Crippen LogP contribution is 2.25. The molecule has 0 bridgehead atoms. The molecule has 21 heavy (non-hydrogen) atoms. The summed E-state index contributed by atoms with van der Waals surface area (Å²) in [7, 11) is 1.70. The van der Waals surface area contributed by atoms with Crippen LogP contribution in [0.4, 0.5) is 0 Å². The molecule has 1 unspecified atom stereocenters. The van der Waals surface area contributed by atoms with Gasteiger partial charge in [-0.25, -0.2) is 0 Å². The van der Waals surface area contributed by atoms with Crippen molar-refractivity contribution in [1.82, 2.24) is 5.32 Å². The Kier molecular flexibility index (Phi) is 4.26. The Hall–Kier alpha value is -1.80. The molecule has 1 aliphatic rings. The third kappa shape index (κ3) is 3.27. The fourth-order valence-corrected chi connectivity index (χ4v) is 2.99. The van der Waals surface area contributed by atoms with E-state index in [2.05, 4.69) is 42.6 Å². The maximum absolute atomic E-state index is 5.19. The van der Waals surface area contributed by atoms with Gasteiger partial charge in [-0.3, -0.25) is 0 Å². The topological polar surface area (TPSA) is 21.3 Å². The van der Waals surface area contributed by atoms with Gasteiger partial charge in [-0.2, -0.15) is 0 Å². The molecule has 0 aromatic heterocycles. The standard InChI is InChI=1S/C19H23NO/c1-14(17-9-8-16-4-3-5-18(16)12-17)20-13-15-6-10-19(21-2)11-7-15/h6-12,14,20H,3-5,13H2,1-2H3. The molecule has 0 amide bonds. The summed E-state index contributed by atoms with van der Waals surface area (Å²) in [5.74, 6) is 0.908. The summed E-state index contributed by atoms with van der Waals surface area (Å²) in [5, 5.41) is 3.60. The summed E-state index contributed by atoms with van der Waals surface area (Å²) in [4.78, 5) is 0. The van der Waals surface area contributed by atoms with E-state index in [9.17, 15) is 0 Å². The van der Waals surface area contributed by atoms with Gasteiger partial charge in [0.05, 0.1) is 7.11 Å². The van der Waals surface area contributed by atoms with Crippen LogP contribution in [0, 0.1) is 0 Å². The molecule has 1 aliphatic carbocycles. The Labute approximate surface area is 127 Å². The molecule has 3 rings (SSSR count). The Bertz CT molecular complexity index is 603. The lowest BCUT2D eigenvalue weighted by molar-refractivity contribution is 0.414. The van der Waals surface area contributed by atoms with E-state index in [1.807, 2.05) is 12.1 Å². The second-order valence-corrected chi connectivity index (χ2v) is 5.83. The average molecular weight is 281 g/mol. The summed E-state index contributed by atoms with van der Waals surface area (Å²) in [6, 6.07) is 15.6. The molecule has 110 valence electrons. The Morgan fingerprint density at radius 2 is 1.81 bits per heavy atom. The van der Waals surface area contributed by atoms with Crippen LogP contribution in [-0.4, -0.2) is 7.11 Å². The van der Waals surface area contributed by atoms with Gasteiger partial charge in [0.1, 0.15) is 5.75 Å². The van der Waals surface area contributed by atoms with E-state index in [-0.39, 0.29) is 0 Å². The lowest BCUT2D eigenvalue weighted by atomic mass is 10.0. The van der Waals surface area contributed by atoms with Crippen molar-refractivity contribution >= 4 is 0 Å². The lowest BCUT2D eigenvalue weighted by Gasteiger charge is -2.16. The maximum atomic E-state index is 5.19. The summed E-state index contributed by atoms with van der Waals surface area (Å²) < 4.78 is 5.19. The Balaban J connectivity index is 1.61. The van der Waals surface area contributed by atoms with E-state index in [0.29, 0.717) is 6.04 Å². The van der Waals surface area contributed by atoms with E-state index >= 15 is 0 Å². The number of benzene rings is 2. The average Bonchev–Trinajstić information content (AvgIpc) is 3.00. The molecular formula is C19H23NO. The van der Waals surface area contributed by atoms with Crippen LogP contribution in [0.2, 0.25) is 0 Å². The van der Waals surface area contributed by atoms with Crippen LogP contribution in [0.15, 0.2) is 42.5 Å². The monoisotopic (exact) mass is 281 g/mol. The molecular weight excluding hydrogens is 258 g/mol. The maximum Gasteiger partial charge on any atom is 0.118 e. The van der Waals surface area contributed by atoms with Gasteiger partial charge in [-0.05, 0) is 60.6 Å². The number of aryl methyl sites for hydroxylation is 2. The number of nitrogens with one attached hydrogen (secondary N) is 1. The second kappa shape index (κ2) is 6.31. The molecule has 2 aromatic carbocycles. The zero-order valence-electron chi connectivity index (χ0n) is 12.9. The number of hydrogen-bond donors (Lipinski definition) is 1. The summed E-state index contributed by atoms with van der Waals surface area (Å²) in [6.45, 7) is 3.11. The van der Waals surface area contributed by atoms with Crippen LogP contribution >= 0.6 is 0 Å². The van der Waals surface area contributed by atoms with Crippen molar-refractivity contribution in [3.05, 3.63) is 64.7 Å². The normalized spacial score (nSPS) is 14.8. The van der Waals surface area contributed by atoms with E-state index in [1.54, 1.807) is 18.2 Å². The zero-order chi connectivity index (χ0) is 14.7.